The number of aryl methyl sites for hydroxylation is 1. The Hall–Kier alpha value is -0.990. The second kappa shape index (κ2) is 4.48. The van der Waals surface area contributed by atoms with Crippen molar-refractivity contribution in [2.45, 2.75) is 6.92 Å². The zero-order chi connectivity index (χ0) is 11.7. The SMILES string of the molecule is Cc1cc(-c2ccc(Br)cc2)c(O)cc1Cl. The molecule has 3 heteroatoms. The normalized spacial score (nSPS) is 10.4. The van der Waals surface area contributed by atoms with Crippen molar-refractivity contribution < 1.29 is 5.11 Å². The lowest BCUT2D eigenvalue weighted by atomic mass is 10.0. The molecule has 16 heavy (non-hydrogen) atoms. The van der Waals surface area contributed by atoms with Gasteiger partial charge in [0.2, 0.25) is 0 Å². The van der Waals surface area contributed by atoms with Crippen LogP contribution in [0.4, 0.5) is 0 Å². The predicted octanol–water partition coefficient (Wildman–Crippen LogP) is 4.78. The van der Waals surface area contributed by atoms with E-state index in [4.69, 9.17) is 11.6 Å². The van der Waals surface area contributed by atoms with E-state index in [-0.39, 0.29) is 5.75 Å². The van der Waals surface area contributed by atoms with Crippen LogP contribution in [0.15, 0.2) is 40.9 Å². The minimum Gasteiger partial charge on any atom is -0.507 e. The highest BCUT2D eigenvalue weighted by Crippen LogP contribution is 2.34. The van der Waals surface area contributed by atoms with Crippen molar-refractivity contribution in [3.63, 3.8) is 0 Å². The van der Waals surface area contributed by atoms with E-state index in [1.807, 2.05) is 37.3 Å². The molecular weight excluding hydrogens is 287 g/mol. The lowest BCUT2D eigenvalue weighted by Crippen LogP contribution is -1.82. The Morgan fingerprint density at radius 1 is 1.12 bits per heavy atom. The molecule has 0 amide bonds. The molecule has 0 aliphatic heterocycles. The third-order valence-corrected chi connectivity index (χ3v) is 3.37. The molecule has 0 saturated carbocycles. The summed E-state index contributed by atoms with van der Waals surface area (Å²) in [5.41, 5.74) is 2.73. The summed E-state index contributed by atoms with van der Waals surface area (Å²) in [4.78, 5) is 0. The number of halogens is 2. The second-order valence-corrected chi connectivity index (χ2v) is 4.95. The smallest absolute Gasteiger partial charge is 0.124 e. The highest BCUT2D eigenvalue weighted by Gasteiger charge is 2.07. The van der Waals surface area contributed by atoms with Gasteiger partial charge in [-0.3, -0.25) is 0 Å². The third kappa shape index (κ3) is 2.23. The topological polar surface area (TPSA) is 20.2 Å². The fraction of sp³-hybridized carbons (Fsp3) is 0.0769. The molecule has 0 unspecified atom stereocenters. The van der Waals surface area contributed by atoms with Gasteiger partial charge < -0.3 is 5.11 Å². The first-order valence-electron chi connectivity index (χ1n) is 4.83. The van der Waals surface area contributed by atoms with Gasteiger partial charge in [-0.2, -0.15) is 0 Å². The Balaban J connectivity index is 2.56. The summed E-state index contributed by atoms with van der Waals surface area (Å²) in [5, 5.41) is 10.4. The predicted molar refractivity (Wildman–Crippen MR) is 71.0 cm³/mol. The average Bonchev–Trinajstić information content (AvgIpc) is 2.25. The van der Waals surface area contributed by atoms with Crippen LogP contribution in [0, 0.1) is 6.92 Å². The Morgan fingerprint density at radius 2 is 1.75 bits per heavy atom. The summed E-state index contributed by atoms with van der Waals surface area (Å²) < 4.78 is 1.02. The lowest BCUT2D eigenvalue weighted by Gasteiger charge is -2.07. The Labute approximate surface area is 108 Å². The molecule has 0 bridgehead atoms. The van der Waals surface area contributed by atoms with Crippen molar-refractivity contribution in [3.05, 3.63) is 51.5 Å². The van der Waals surface area contributed by atoms with E-state index < -0.39 is 0 Å². The summed E-state index contributed by atoms with van der Waals surface area (Å²) in [6.07, 6.45) is 0. The summed E-state index contributed by atoms with van der Waals surface area (Å²) in [5.74, 6) is 0.206. The first-order chi connectivity index (χ1) is 7.58. The van der Waals surface area contributed by atoms with E-state index in [1.165, 1.54) is 0 Å². The third-order valence-electron chi connectivity index (χ3n) is 2.43. The van der Waals surface area contributed by atoms with Crippen LogP contribution in [0.25, 0.3) is 11.1 Å². The molecule has 0 aromatic heterocycles. The van der Waals surface area contributed by atoms with Crippen LogP contribution in [-0.4, -0.2) is 5.11 Å². The molecule has 1 nitrogen and oxygen atoms in total. The van der Waals surface area contributed by atoms with Gasteiger partial charge in [-0.25, -0.2) is 0 Å². The molecule has 2 aromatic rings. The van der Waals surface area contributed by atoms with Gasteiger partial charge in [0, 0.05) is 15.1 Å². The van der Waals surface area contributed by atoms with Crippen LogP contribution < -0.4 is 0 Å². The average molecular weight is 298 g/mol. The number of hydrogen-bond acceptors (Lipinski definition) is 1. The molecule has 0 saturated heterocycles. The quantitative estimate of drug-likeness (QED) is 0.803. The number of phenolic OH excluding ortho intramolecular Hbond substituents is 1. The van der Waals surface area contributed by atoms with Crippen LogP contribution >= 0.6 is 27.5 Å². The summed E-state index contributed by atoms with van der Waals surface area (Å²) in [7, 11) is 0. The van der Waals surface area contributed by atoms with Gasteiger partial charge in [-0.05, 0) is 42.3 Å². The zero-order valence-corrected chi connectivity index (χ0v) is 11.0. The number of aromatic hydroxyl groups is 1. The molecule has 0 heterocycles. The molecule has 0 atom stereocenters. The van der Waals surface area contributed by atoms with Gasteiger partial charge in [0.1, 0.15) is 5.75 Å². The molecule has 2 aromatic carbocycles. The van der Waals surface area contributed by atoms with Gasteiger partial charge in [-0.15, -0.1) is 0 Å². The van der Waals surface area contributed by atoms with Crippen LogP contribution in [-0.2, 0) is 0 Å². The number of rotatable bonds is 1. The molecule has 82 valence electrons. The first kappa shape index (κ1) is 11.5. The summed E-state index contributed by atoms with van der Waals surface area (Å²) >= 11 is 9.31. The molecule has 0 aliphatic carbocycles. The largest absolute Gasteiger partial charge is 0.507 e. The Bertz CT molecular complexity index is 520. The molecule has 0 radical (unpaired) electrons. The number of benzene rings is 2. The van der Waals surface area contributed by atoms with E-state index in [0.29, 0.717) is 5.02 Å². The maximum absolute atomic E-state index is 9.84. The highest BCUT2D eigenvalue weighted by atomic mass is 79.9. The van der Waals surface area contributed by atoms with E-state index in [0.717, 1.165) is 21.2 Å². The maximum Gasteiger partial charge on any atom is 0.124 e. The van der Waals surface area contributed by atoms with E-state index in [9.17, 15) is 5.11 Å². The van der Waals surface area contributed by atoms with Crippen LogP contribution in [0.1, 0.15) is 5.56 Å². The molecule has 0 fully saturated rings. The minimum atomic E-state index is 0.206. The van der Waals surface area contributed by atoms with Crippen molar-refractivity contribution in [1.82, 2.24) is 0 Å². The van der Waals surface area contributed by atoms with Crippen LogP contribution in [0.2, 0.25) is 5.02 Å². The fourth-order valence-electron chi connectivity index (χ4n) is 1.53. The Kier molecular flexibility index (Phi) is 3.22. The van der Waals surface area contributed by atoms with Crippen molar-refractivity contribution in [3.8, 4) is 16.9 Å². The number of phenols is 1. The van der Waals surface area contributed by atoms with Crippen molar-refractivity contribution in [2.75, 3.05) is 0 Å². The van der Waals surface area contributed by atoms with E-state index in [1.54, 1.807) is 6.07 Å². The molecule has 2 rings (SSSR count). The molecule has 1 N–H and O–H groups in total. The van der Waals surface area contributed by atoms with Crippen LogP contribution in [0.3, 0.4) is 0 Å². The lowest BCUT2D eigenvalue weighted by molar-refractivity contribution is 0.477. The van der Waals surface area contributed by atoms with E-state index in [2.05, 4.69) is 15.9 Å². The fourth-order valence-corrected chi connectivity index (χ4v) is 1.95. The minimum absolute atomic E-state index is 0.206. The van der Waals surface area contributed by atoms with Gasteiger partial charge in [0.25, 0.3) is 0 Å². The van der Waals surface area contributed by atoms with Gasteiger partial charge >= 0.3 is 0 Å². The highest BCUT2D eigenvalue weighted by molar-refractivity contribution is 9.10. The summed E-state index contributed by atoms with van der Waals surface area (Å²) in [6, 6.07) is 11.3. The van der Waals surface area contributed by atoms with Gasteiger partial charge in [-0.1, -0.05) is 39.7 Å². The molecule has 0 aliphatic rings. The monoisotopic (exact) mass is 296 g/mol. The van der Waals surface area contributed by atoms with Gasteiger partial charge in [0.15, 0.2) is 0 Å². The van der Waals surface area contributed by atoms with Crippen LogP contribution in [0.5, 0.6) is 5.75 Å². The summed E-state index contributed by atoms with van der Waals surface area (Å²) in [6.45, 7) is 1.92. The number of hydrogen-bond donors (Lipinski definition) is 1. The molecular formula is C13H10BrClO. The molecule has 0 spiro atoms. The van der Waals surface area contributed by atoms with Crippen molar-refractivity contribution in [2.24, 2.45) is 0 Å². The Morgan fingerprint density at radius 3 is 2.38 bits per heavy atom. The zero-order valence-electron chi connectivity index (χ0n) is 8.67. The van der Waals surface area contributed by atoms with Crippen molar-refractivity contribution in [1.29, 1.82) is 0 Å². The van der Waals surface area contributed by atoms with Gasteiger partial charge in [0.05, 0.1) is 0 Å². The maximum atomic E-state index is 9.84. The van der Waals surface area contributed by atoms with E-state index >= 15 is 0 Å². The second-order valence-electron chi connectivity index (χ2n) is 3.63. The first-order valence-corrected chi connectivity index (χ1v) is 6.00. The standard InChI is InChI=1S/C13H10BrClO/c1-8-6-11(13(16)7-12(8)15)9-2-4-10(14)5-3-9/h2-7,16H,1H3. The van der Waals surface area contributed by atoms with Crippen molar-refractivity contribution >= 4 is 27.5 Å².